The summed E-state index contributed by atoms with van der Waals surface area (Å²) >= 11 is 8.68. The zero-order valence-electron chi connectivity index (χ0n) is 6.96. The molecule has 0 saturated carbocycles. The molecule has 0 aliphatic carbocycles. The van der Waals surface area contributed by atoms with Crippen molar-refractivity contribution < 1.29 is 0 Å². The van der Waals surface area contributed by atoms with Gasteiger partial charge in [0.15, 0.2) is 5.11 Å². The number of nitrogens with one attached hydrogen (secondary N) is 1. The molecule has 68 valence electrons. The van der Waals surface area contributed by atoms with E-state index in [-0.39, 0.29) is 0 Å². The highest BCUT2D eigenvalue weighted by Gasteiger charge is 2.18. The van der Waals surface area contributed by atoms with E-state index in [0.717, 1.165) is 28.4 Å². The average molecular weight is 257 g/mol. The lowest BCUT2D eigenvalue weighted by atomic mass is 10.3. The smallest absolute Gasteiger partial charge is 0.173 e. The molecule has 0 amide bonds. The van der Waals surface area contributed by atoms with Crippen molar-refractivity contribution in [1.82, 2.24) is 5.32 Å². The van der Waals surface area contributed by atoms with E-state index in [0.29, 0.717) is 0 Å². The normalized spacial score (nSPS) is 16.1. The van der Waals surface area contributed by atoms with Gasteiger partial charge in [-0.1, -0.05) is 12.1 Å². The van der Waals surface area contributed by atoms with Crippen LogP contribution in [0.4, 0.5) is 5.69 Å². The number of hydrogen-bond acceptors (Lipinski definition) is 1. The van der Waals surface area contributed by atoms with Crippen LogP contribution in [-0.2, 0) is 0 Å². The molecule has 0 unspecified atom stereocenters. The van der Waals surface area contributed by atoms with E-state index in [2.05, 4.69) is 32.2 Å². The van der Waals surface area contributed by atoms with Gasteiger partial charge in [-0.3, -0.25) is 0 Å². The summed E-state index contributed by atoms with van der Waals surface area (Å²) < 4.78 is 1.08. The van der Waals surface area contributed by atoms with Gasteiger partial charge in [0.25, 0.3) is 0 Å². The molecule has 1 aromatic rings. The van der Waals surface area contributed by atoms with Crippen LogP contribution in [0.3, 0.4) is 0 Å². The van der Waals surface area contributed by atoms with Gasteiger partial charge in [-0.2, -0.15) is 0 Å². The molecule has 1 aliphatic rings. The van der Waals surface area contributed by atoms with Crippen LogP contribution in [0.2, 0.25) is 0 Å². The first kappa shape index (κ1) is 8.97. The van der Waals surface area contributed by atoms with Crippen molar-refractivity contribution in [3.63, 3.8) is 0 Å². The largest absolute Gasteiger partial charge is 0.360 e. The number of halogens is 1. The predicted octanol–water partition coefficient (Wildman–Crippen LogP) is 2.14. The summed E-state index contributed by atoms with van der Waals surface area (Å²) in [4.78, 5) is 2.10. The summed E-state index contributed by atoms with van der Waals surface area (Å²) in [6.45, 7) is 1.88. The van der Waals surface area contributed by atoms with Gasteiger partial charge in [0.1, 0.15) is 0 Å². The van der Waals surface area contributed by atoms with Crippen LogP contribution in [0.25, 0.3) is 0 Å². The van der Waals surface area contributed by atoms with E-state index >= 15 is 0 Å². The highest BCUT2D eigenvalue weighted by molar-refractivity contribution is 9.10. The number of thiocarbonyl (C=S) groups is 1. The molecule has 2 nitrogen and oxygen atoms in total. The fourth-order valence-corrected chi connectivity index (χ4v) is 2.16. The van der Waals surface area contributed by atoms with Gasteiger partial charge in [-0.05, 0) is 40.3 Å². The van der Waals surface area contributed by atoms with Crippen LogP contribution in [-0.4, -0.2) is 18.2 Å². The van der Waals surface area contributed by atoms with Gasteiger partial charge in [-0.15, -0.1) is 0 Å². The second-order valence-corrected chi connectivity index (χ2v) is 4.08. The predicted molar refractivity (Wildman–Crippen MR) is 62.1 cm³/mol. The van der Waals surface area contributed by atoms with Crippen LogP contribution in [0.5, 0.6) is 0 Å². The molecular weight excluding hydrogens is 248 g/mol. The summed E-state index contributed by atoms with van der Waals surface area (Å²) in [5, 5.41) is 3.94. The summed E-state index contributed by atoms with van der Waals surface area (Å²) in [5.74, 6) is 0. The van der Waals surface area contributed by atoms with E-state index < -0.39 is 0 Å². The number of nitrogens with zero attached hydrogens (tertiary/aromatic N) is 1. The standard InChI is InChI=1S/C9H9BrN2S/c10-7-3-1-2-4-8(7)12-6-5-11-9(12)13/h1-4H,5-6H2,(H,11,13). The molecule has 1 aromatic carbocycles. The minimum absolute atomic E-state index is 0.812. The Morgan fingerprint density at radius 3 is 2.77 bits per heavy atom. The van der Waals surface area contributed by atoms with Crippen molar-refractivity contribution in [3.05, 3.63) is 28.7 Å². The molecule has 0 spiro atoms. The lowest BCUT2D eigenvalue weighted by Gasteiger charge is -2.17. The maximum atomic E-state index is 5.18. The third kappa shape index (κ3) is 1.69. The van der Waals surface area contributed by atoms with Crippen LogP contribution in [0, 0.1) is 0 Å². The second-order valence-electron chi connectivity index (χ2n) is 2.83. The van der Waals surface area contributed by atoms with Gasteiger partial charge in [0.05, 0.1) is 5.69 Å². The zero-order valence-corrected chi connectivity index (χ0v) is 9.36. The first-order chi connectivity index (χ1) is 6.29. The van der Waals surface area contributed by atoms with Gasteiger partial charge in [0, 0.05) is 17.6 Å². The Morgan fingerprint density at radius 2 is 2.15 bits per heavy atom. The Kier molecular flexibility index (Phi) is 2.51. The van der Waals surface area contributed by atoms with Crippen molar-refractivity contribution in [3.8, 4) is 0 Å². The Hall–Kier alpha value is -0.610. The van der Waals surface area contributed by atoms with E-state index in [1.807, 2.05) is 18.2 Å². The summed E-state index contributed by atoms with van der Waals surface area (Å²) in [5.41, 5.74) is 1.14. The van der Waals surface area contributed by atoms with Crippen molar-refractivity contribution in [2.24, 2.45) is 0 Å². The SMILES string of the molecule is S=C1NCCN1c1ccccc1Br. The molecule has 1 heterocycles. The van der Waals surface area contributed by atoms with Gasteiger partial charge in [-0.25, -0.2) is 0 Å². The average Bonchev–Trinajstić information content (AvgIpc) is 2.52. The molecule has 4 heteroatoms. The quantitative estimate of drug-likeness (QED) is 0.776. The molecule has 13 heavy (non-hydrogen) atoms. The third-order valence-corrected chi connectivity index (χ3v) is 3.04. The zero-order chi connectivity index (χ0) is 9.26. The number of benzene rings is 1. The fraction of sp³-hybridized carbons (Fsp3) is 0.222. The van der Waals surface area contributed by atoms with Crippen LogP contribution in [0.1, 0.15) is 0 Å². The van der Waals surface area contributed by atoms with E-state index in [4.69, 9.17) is 12.2 Å². The topological polar surface area (TPSA) is 15.3 Å². The Balaban J connectivity index is 2.34. The van der Waals surface area contributed by atoms with Crippen LogP contribution >= 0.6 is 28.1 Å². The Labute approximate surface area is 91.1 Å². The molecule has 0 radical (unpaired) electrons. The maximum absolute atomic E-state index is 5.18. The van der Waals surface area contributed by atoms with Crippen molar-refractivity contribution in [2.75, 3.05) is 18.0 Å². The lowest BCUT2D eigenvalue weighted by molar-refractivity contribution is 0.974. The summed E-state index contributed by atoms with van der Waals surface area (Å²) in [6.07, 6.45) is 0. The molecule has 1 N–H and O–H groups in total. The Morgan fingerprint density at radius 1 is 1.38 bits per heavy atom. The molecule has 0 bridgehead atoms. The fourth-order valence-electron chi connectivity index (χ4n) is 1.37. The number of para-hydroxylation sites is 1. The molecule has 1 saturated heterocycles. The minimum atomic E-state index is 0.812. The highest BCUT2D eigenvalue weighted by Crippen LogP contribution is 2.26. The number of anilines is 1. The summed E-state index contributed by atoms with van der Waals surface area (Å²) in [7, 11) is 0. The van der Waals surface area contributed by atoms with Gasteiger partial charge in [0.2, 0.25) is 0 Å². The minimum Gasteiger partial charge on any atom is -0.360 e. The maximum Gasteiger partial charge on any atom is 0.173 e. The molecular formula is C9H9BrN2S. The Bertz CT molecular complexity index is 340. The van der Waals surface area contributed by atoms with Crippen LogP contribution in [0.15, 0.2) is 28.7 Å². The van der Waals surface area contributed by atoms with Crippen molar-refractivity contribution in [1.29, 1.82) is 0 Å². The first-order valence-electron chi connectivity index (χ1n) is 4.09. The highest BCUT2D eigenvalue weighted by atomic mass is 79.9. The molecule has 0 aromatic heterocycles. The molecule has 1 aliphatic heterocycles. The summed E-state index contributed by atoms with van der Waals surface area (Å²) in [6, 6.07) is 8.10. The number of rotatable bonds is 1. The van der Waals surface area contributed by atoms with E-state index in [9.17, 15) is 0 Å². The molecule has 1 fully saturated rings. The van der Waals surface area contributed by atoms with E-state index in [1.54, 1.807) is 0 Å². The number of hydrogen-bond donors (Lipinski definition) is 1. The lowest BCUT2D eigenvalue weighted by Crippen LogP contribution is -2.27. The third-order valence-electron chi connectivity index (χ3n) is 2.00. The first-order valence-corrected chi connectivity index (χ1v) is 5.29. The van der Waals surface area contributed by atoms with Gasteiger partial charge >= 0.3 is 0 Å². The van der Waals surface area contributed by atoms with Crippen molar-refractivity contribution in [2.45, 2.75) is 0 Å². The van der Waals surface area contributed by atoms with E-state index in [1.165, 1.54) is 0 Å². The van der Waals surface area contributed by atoms with Gasteiger partial charge < -0.3 is 10.2 Å². The van der Waals surface area contributed by atoms with Crippen LogP contribution < -0.4 is 10.2 Å². The molecule has 2 rings (SSSR count). The molecule has 0 atom stereocenters. The monoisotopic (exact) mass is 256 g/mol. The van der Waals surface area contributed by atoms with Crippen molar-refractivity contribution >= 4 is 38.9 Å². The second kappa shape index (κ2) is 3.64.